The Balaban J connectivity index is 1.29. The minimum absolute atomic E-state index is 0.0824. The van der Waals surface area contributed by atoms with E-state index in [1.807, 2.05) is 41.1 Å². The van der Waals surface area contributed by atoms with Gasteiger partial charge in [0.05, 0.1) is 18.6 Å². The molecule has 180 valence electrons. The third kappa shape index (κ3) is 4.64. The van der Waals surface area contributed by atoms with E-state index in [0.717, 1.165) is 46.4 Å². The molecular weight excluding hydrogens is 444 g/mol. The van der Waals surface area contributed by atoms with Crippen LogP contribution in [0.1, 0.15) is 42.6 Å². The van der Waals surface area contributed by atoms with E-state index in [9.17, 15) is 4.79 Å². The summed E-state index contributed by atoms with van der Waals surface area (Å²) in [5.74, 6) is 2.19. The van der Waals surface area contributed by atoms with Crippen molar-refractivity contribution in [3.63, 3.8) is 0 Å². The van der Waals surface area contributed by atoms with Crippen LogP contribution >= 0.6 is 0 Å². The zero-order valence-electron chi connectivity index (χ0n) is 19.5. The van der Waals surface area contributed by atoms with Crippen molar-refractivity contribution in [2.24, 2.45) is 0 Å². The molecule has 9 heteroatoms. The highest BCUT2D eigenvalue weighted by Crippen LogP contribution is 2.34. The van der Waals surface area contributed by atoms with E-state index in [1.54, 1.807) is 0 Å². The molecule has 6 rings (SSSR count). The lowest BCUT2D eigenvalue weighted by molar-refractivity contribution is 0.171. The summed E-state index contributed by atoms with van der Waals surface area (Å²) in [4.78, 5) is 18.5. The zero-order chi connectivity index (χ0) is 23.6. The SMILES string of the molecule is O=c1[nH]c2cc3c(cc2cc1CN(Cc1nnnn1Cc1ccccc1)C1CCCC1)OCCO3. The molecular formula is C26H28N6O3. The molecule has 4 aromatic rings. The van der Waals surface area contributed by atoms with Crippen LogP contribution in [0.25, 0.3) is 10.9 Å². The maximum Gasteiger partial charge on any atom is 0.252 e. The van der Waals surface area contributed by atoms with Gasteiger partial charge in [0.1, 0.15) is 13.2 Å². The first kappa shape index (κ1) is 21.8. The van der Waals surface area contributed by atoms with Crippen LogP contribution in [0.2, 0.25) is 0 Å². The summed E-state index contributed by atoms with van der Waals surface area (Å²) in [6.07, 6.45) is 4.64. The van der Waals surface area contributed by atoms with Crippen LogP contribution in [0.3, 0.4) is 0 Å². The third-order valence-electron chi connectivity index (χ3n) is 6.92. The monoisotopic (exact) mass is 472 g/mol. The van der Waals surface area contributed by atoms with Crippen molar-refractivity contribution in [3.05, 3.63) is 75.8 Å². The van der Waals surface area contributed by atoms with E-state index in [0.29, 0.717) is 44.6 Å². The maximum atomic E-state index is 13.1. The number of H-pyrrole nitrogens is 1. The molecule has 0 saturated heterocycles. The molecule has 1 saturated carbocycles. The van der Waals surface area contributed by atoms with Crippen molar-refractivity contribution in [2.75, 3.05) is 13.2 Å². The Morgan fingerprint density at radius 3 is 2.57 bits per heavy atom. The van der Waals surface area contributed by atoms with Gasteiger partial charge in [0.25, 0.3) is 5.56 Å². The molecule has 0 amide bonds. The van der Waals surface area contributed by atoms with Crippen LogP contribution < -0.4 is 15.0 Å². The van der Waals surface area contributed by atoms with Crippen LogP contribution in [0.5, 0.6) is 11.5 Å². The number of hydrogen-bond acceptors (Lipinski definition) is 7. The maximum absolute atomic E-state index is 13.1. The number of ether oxygens (including phenoxy) is 2. The first-order valence-electron chi connectivity index (χ1n) is 12.2. The Hall–Kier alpha value is -3.72. The average Bonchev–Trinajstić information content (AvgIpc) is 3.56. The van der Waals surface area contributed by atoms with E-state index in [4.69, 9.17) is 9.47 Å². The number of tetrazole rings is 1. The molecule has 1 aliphatic heterocycles. The lowest BCUT2D eigenvalue weighted by Gasteiger charge is -2.28. The first-order chi connectivity index (χ1) is 17.2. The lowest BCUT2D eigenvalue weighted by Crippen LogP contribution is -2.35. The van der Waals surface area contributed by atoms with Gasteiger partial charge in [-0.05, 0) is 41.0 Å². The van der Waals surface area contributed by atoms with E-state index < -0.39 is 0 Å². The van der Waals surface area contributed by atoms with Crippen molar-refractivity contribution < 1.29 is 9.47 Å². The molecule has 1 aliphatic carbocycles. The van der Waals surface area contributed by atoms with Gasteiger partial charge in [-0.3, -0.25) is 9.69 Å². The fourth-order valence-electron chi connectivity index (χ4n) is 5.11. The van der Waals surface area contributed by atoms with Gasteiger partial charge in [0.2, 0.25) is 0 Å². The molecule has 35 heavy (non-hydrogen) atoms. The summed E-state index contributed by atoms with van der Waals surface area (Å²) in [6, 6.07) is 16.3. The molecule has 2 aromatic heterocycles. The Morgan fingerprint density at radius 1 is 1.00 bits per heavy atom. The highest BCUT2D eigenvalue weighted by Gasteiger charge is 2.26. The van der Waals surface area contributed by atoms with E-state index in [1.165, 1.54) is 12.8 Å². The normalized spacial score (nSPS) is 15.8. The summed E-state index contributed by atoms with van der Waals surface area (Å²) in [6.45, 7) is 2.78. The van der Waals surface area contributed by atoms with Crippen molar-refractivity contribution >= 4 is 10.9 Å². The fraction of sp³-hybridized carbons (Fsp3) is 0.385. The van der Waals surface area contributed by atoms with Crippen molar-refractivity contribution in [3.8, 4) is 11.5 Å². The molecule has 2 aliphatic rings. The molecule has 1 N–H and O–H groups in total. The predicted molar refractivity (Wildman–Crippen MR) is 130 cm³/mol. The third-order valence-corrected chi connectivity index (χ3v) is 6.92. The first-order valence-corrected chi connectivity index (χ1v) is 12.2. The fourth-order valence-corrected chi connectivity index (χ4v) is 5.11. The van der Waals surface area contributed by atoms with Gasteiger partial charge in [-0.1, -0.05) is 43.2 Å². The lowest BCUT2D eigenvalue weighted by atomic mass is 10.1. The van der Waals surface area contributed by atoms with Gasteiger partial charge < -0.3 is 14.5 Å². The van der Waals surface area contributed by atoms with Gasteiger partial charge in [-0.15, -0.1) is 5.10 Å². The second kappa shape index (κ2) is 9.50. The summed E-state index contributed by atoms with van der Waals surface area (Å²) in [7, 11) is 0. The Kier molecular flexibility index (Phi) is 5.91. The predicted octanol–water partition coefficient (Wildman–Crippen LogP) is 3.28. The number of aromatic amines is 1. The van der Waals surface area contributed by atoms with Crippen LogP contribution in [-0.2, 0) is 19.6 Å². The average molecular weight is 473 g/mol. The van der Waals surface area contributed by atoms with E-state index >= 15 is 0 Å². The second-order valence-electron chi connectivity index (χ2n) is 9.29. The van der Waals surface area contributed by atoms with Crippen LogP contribution in [0.4, 0.5) is 0 Å². The van der Waals surface area contributed by atoms with E-state index in [-0.39, 0.29) is 5.56 Å². The number of aromatic nitrogens is 5. The van der Waals surface area contributed by atoms with E-state index in [2.05, 4.69) is 37.5 Å². The molecule has 9 nitrogen and oxygen atoms in total. The Morgan fingerprint density at radius 2 is 1.77 bits per heavy atom. The molecule has 0 unspecified atom stereocenters. The van der Waals surface area contributed by atoms with Crippen LogP contribution in [0.15, 0.2) is 53.3 Å². The molecule has 3 heterocycles. The van der Waals surface area contributed by atoms with Crippen molar-refractivity contribution in [1.29, 1.82) is 0 Å². The van der Waals surface area contributed by atoms with Gasteiger partial charge in [-0.25, -0.2) is 4.68 Å². The van der Waals surface area contributed by atoms with Crippen molar-refractivity contribution in [2.45, 2.75) is 51.4 Å². The summed E-state index contributed by atoms with van der Waals surface area (Å²) in [5.41, 5.74) is 2.54. The van der Waals surface area contributed by atoms with Gasteiger partial charge in [0, 0.05) is 29.6 Å². The molecule has 0 bridgehead atoms. The number of hydrogen-bond donors (Lipinski definition) is 1. The minimum atomic E-state index is -0.0824. The quantitative estimate of drug-likeness (QED) is 0.441. The van der Waals surface area contributed by atoms with Gasteiger partial charge >= 0.3 is 0 Å². The summed E-state index contributed by atoms with van der Waals surface area (Å²) >= 11 is 0. The number of fused-ring (bicyclic) bond motifs is 2. The van der Waals surface area contributed by atoms with Crippen LogP contribution in [-0.4, -0.2) is 49.3 Å². The highest BCUT2D eigenvalue weighted by molar-refractivity contribution is 5.83. The van der Waals surface area contributed by atoms with Crippen molar-refractivity contribution in [1.82, 2.24) is 30.1 Å². The number of nitrogens with zero attached hydrogens (tertiary/aromatic N) is 5. The number of benzene rings is 2. The number of nitrogens with one attached hydrogen (secondary N) is 1. The number of rotatable bonds is 7. The molecule has 0 radical (unpaired) electrons. The van der Waals surface area contributed by atoms with Gasteiger partial charge in [0.15, 0.2) is 17.3 Å². The molecule has 1 fully saturated rings. The van der Waals surface area contributed by atoms with Crippen LogP contribution in [0, 0.1) is 0 Å². The Labute approximate surface area is 202 Å². The standard InChI is InChI=1S/C26H28N6O3/c33-26-20(12-19-13-23-24(14-22(19)27-26)35-11-10-34-23)16-31(21-8-4-5-9-21)17-25-28-29-30-32(25)15-18-6-2-1-3-7-18/h1-3,6-7,12-14,21H,4-5,8-11,15-17H2,(H,27,33). The number of pyridine rings is 1. The molecule has 0 atom stereocenters. The smallest absolute Gasteiger partial charge is 0.252 e. The Bertz CT molecular complexity index is 1380. The van der Waals surface area contributed by atoms with Gasteiger partial charge in [-0.2, -0.15) is 0 Å². The second-order valence-corrected chi connectivity index (χ2v) is 9.29. The summed E-state index contributed by atoms with van der Waals surface area (Å²) < 4.78 is 13.3. The largest absolute Gasteiger partial charge is 0.486 e. The minimum Gasteiger partial charge on any atom is -0.486 e. The highest BCUT2D eigenvalue weighted by atomic mass is 16.6. The molecule has 0 spiro atoms. The molecule has 2 aromatic carbocycles. The summed E-state index contributed by atoms with van der Waals surface area (Å²) in [5, 5.41) is 13.4. The zero-order valence-corrected chi connectivity index (χ0v) is 19.5. The topological polar surface area (TPSA) is 98.2 Å².